The lowest BCUT2D eigenvalue weighted by Crippen LogP contribution is -2.18. The van der Waals surface area contributed by atoms with Gasteiger partial charge in [-0.05, 0) is 6.07 Å². The van der Waals surface area contributed by atoms with Gasteiger partial charge in [0, 0.05) is 12.6 Å². The zero-order chi connectivity index (χ0) is 14.1. The summed E-state index contributed by atoms with van der Waals surface area (Å²) < 4.78 is 9.60. The molecule has 19 heavy (non-hydrogen) atoms. The number of carbonyl (C=O) groups excluding carboxylic acids is 1. The molecule has 0 bridgehead atoms. The van der Waals surface area contributed by atoms with Gasteiger partial charge in [-0.15, -0.1) is 0 Å². The number of primary amides is 1. The lowest BCUT2D eigenvalue weighted by atomic mass is 10.2. The van der Waals surface area contributed by atoms with Crippen LogP contribution in [0.2, 0.25) is 0 Å². The Kier molecular flexibility index (Phi) is 6.10. The highest BCUT2D eigenvalue weighted by atomic mass is 16.6. The summed E-state index contributed by atoms with van der Waals surface area (Å²) >= 11 is 0. The van der Waals surface area contributed by atoms with Gasteiger partial charge in [0.2, 0.25) is 0 Å². The van der Waals surface area contributed by atoms with Crippen LogP contribution in [0.5, 0.6) is 0 Å². The summed E-state index contributed by atoms with van der Waals surface area (Å²) in [7, 11) is 0. The maximum Gasteiger partial charge on any atom is 0.404 e. The SMILES string of the molecule is NC(=O)OCCOCCNc1ccccc1[N+](=O)[O-]. The summed E-state index contributed by atoms with van der Waals surface area (Å²) in [6.07, 6.45) is -0.846. The molecule has 8 nitrogen and oxygen atoms in total. The van der Waals surface area contributed by atoms with E-state index >= 15 is 0 Å². The maximum atomic E-state index is 10.7. The Morgan fingerprint density at radius 1 is 1.32 bits per heavy atom. The number of amides is 1. The summed E-state index contributed by atoms with van der Waals surface area (Å²) in [6.45, 7) is 1.04. The molecule has 1 aromatic rings. The van der Waals surface area contributed by atoms with Crippen molar-refractivity contribution in [1.82, 2.24) is 0 Å². The van der Waals surface area contributed by atoms with E-state index in [1.165, 1.54) is 6.07 Å². The molecule has 0 saturated heterocycles. The van der Waals surface area contributed by atoms with E-state index in [0.29, 0.717) is 18.8 Å². The highest BCUT2D eigenvalue weighted by Gasteiger charge is 2.10. The monoisotopic (exact) mass is 269 g/mol. The van der Waals surface area contributed by atoms with Crippen molar-refractivity contribution in [3.8, 4) is 0 Å². The molecule has 0 fully saturated rings. The van der Waals surface area contributed by atoms with Crippen LogP contribution in [0, 0.1) is 10.1 Å². The van der Waals surface area contributed by atoms with Gasteiger partial charge in [0.1, 0.15) is 12.3 Å². The molecule has 0 aliphatic carbocycles. The van der Waals surface area contributed by atoms with Gasteiger partial charge < -0.3 is 20.5 Å². The number of ether oxygens (including phenoxy) is 2. The predicted octanol–water partition coefficient (Wildman–Crippen LogP) is 1.12. The van der Waals surface area contributed by atoms with Crippen LogP contribution in [0.4, 0.5) is 16.2 Å². The Hall–Kier alpha value is -2.35. The standard InChI is InChI=1S/C11H15N3O5/c12-11(15)19-8-7-18-6-5-13-9-3-1-2-4-10(9)14(16)17/h1-4,13H,5-8H2,(H2,12,15). The second-order valence-electron chi connectivity index (χ2n) is 3.48. The summed E-state index contributed by atoms with van der Waals surface area (Å²) in [4.78, 5) is 20.5. The first-order valence-electron chi connectivity index (χ1n) is 5.58. The van der Waals surface area contributed by atoms with E-state index in [2.05, 4.69) is 10.1 Å². The van der Waals surface area contributed by atoms with Crippen molar-refractivity contribution in [3.63, 3.8) is 0 Å². The van der Waals surface area contributed by atoms with Crippen molar-refractivity contribution < 1.29 is 19.2 Å². The molecule has 1 amide bonds. The lowest BCUT2D eigenvalue weighted by molar-refractivity contribution is -0.384. The first-order valence-corrected chi connectivity index (χ1v) is 5.58. The number of rotatable bonds is 8. The summed E-state index contributed by atoms with van der Waals surface area (Å²) in [5.41, 5.74) is 5.21. The lowest BCUT2D eigenvalue weighted by Gasteiger charge is -2.07. The first-order chi connectivity index (χ1) is 9.11. The van der Waals surface area contributed by atoms with Crippen molar-refractivity contribution in [2.45, 2.75) is 0 Å². The Labute approximate surface area is 109 Å². The van der Waals surface area contributed by atoms with E-state index in [9.17, 15) is 14.9 Å². The van der Waals surface area contributed by atoms with Gasteiger partial charge in [-0.3, -0.25) is 10.1 Å². The fourth-order valence-electron chi connectivity index (χ4n) is 1.34. The summed E-state index contributed by atoms with van der Waals surface area (Å²) in [5, 5.41) is 13.6. The second kappa shape index (κ2) is 7.88. The van der Waals surface area contributed by atoms with Gasteiger partial charge in [0.25, 0.3) is 5.69 Å². The van der Waals surface area contributed by atoms with Gasteiger partial charge in [-0.2, -0.15) is 0 Å². The van der Waals surface area contributed by atoms with Crippen LogP contribution in [0.1, 0.15) is 0 Å². The van der Waals surface area contributed by atoms with E-state index in [-0.39, 0.29) is 18.9 Å². The average Bonchev–Trinajstić information content (AvgIpc) is 2.37. The van der Waals surface area contributed by atoms with E-state index in [0.717, 1.165) is 0 Å². The highest BCUT2D eigenvalue weighted by molar-refractivity contribution is 5.64. The molecule has 0 spiro atoms. The van der Waals surface area contributed by atoms with Crippen LogP contribution < -0.4 is 11.1 Å². The van der Waals surface area contributed by atoms with Crippen molar-refractivity contribution in [3.05, 3.63) is 34.4 Å². The number of nitrogens with one attached hydrogen (secondary N) is 1. The highest BCUT2D eigenvalue weighted by Crippen LogP contribution is 2.22. The Morgan fingerprint density at radius 2 is 2.05 bits per heavy atom. The Morgan fingerprint density at radius 3 is 2.74 bits per heavy atom. The number of anilines is 1. The molecule has 3 N–H and O–H groups in total. The molecule has 1 aromatic carbocycles. The van der Waals surface area contributed by atoms with E-state index in [1.807, 2.05) is 0 Å². The van der Waals surface area contributed by atoms with Crippen LogP contribution >= 0.6 is 0 Å². The van der Waals surface area contributed by atoms with Gasteiger partial charge in [-0.1, -0.05) is 12.1 Å². The number of hydrogen-bond donors (Lipinski definition) is 2. The third-order valence-corrected chi connectivity index (χ3v) is 2.13. The van der Waals surface area contributed by atoms with Crippen LogP contribution in [0.25, 0.3) is 0 Å². The quantitative estimate of drug-likeness (QED) is 0.415. The fourth-order valence-corrected chi connectivity index (χ4v) is 1.34. The molecular weight excluding hydrogens is 254 g/mol. The molecule has 0 aromatic heterocycles. The summed E-state index contributed by atoms with van der Waals surface area (Å²) in [5.74, 6) is 0. The Balaban J connectivity index is 2.23. The number of hydrogen-bond acceptors (Lipinski definition) is 6. The zero-order valence-electron chi connectivity index (χ0n) is 10.2. The minimum atomic E-state index is -0.846. The number of nitrogens with two attached hydrogens (primary N) is 1. The number of nitrogens with zero attached hydrogens (tertiary/aromatic N) is 1. The van der Waals surface area contributed by atoms with Crippen LogP contribution in [0.3, 0.4) is 0 Å². The van der Waals surface area contributed by atoms with Crippen molar-refractivity contribution in [2.24, 2.45) is 5.73 Å². The minimum Gasteiger partial charge on any atom is -0.447 e. The van der Waals surface area contributed by atoms with Crippen LogP contribution in [0.15, 0.2) is 24.3 Å². The molecule has 0 heterocycles. The largest absolute Gasteiger partial charge is 0.447 e. The smallest absolute Gasteiger partial charge is 0.404 e. The van der Waals surface area contributed by atoms with E-state index in [4.69, 9.17) is 10.5 Å². The fraction of sp³-hybridized carbons (Fsp3) is 0.364. The maximum absolute atomic E-state index is 10.7. The third-order valence-electron chi connectivity index (χ3n) is 2.13. The third kappa shape index (κ3) is 5.68. The van der Waals surface area contributed by atoms with E-state index < -0.39 is 11.0 Å². The average molecular weight is 269 g/mol. The minimum absolute atomic E-state index is 0.0135. The second-order valence-corrected chi connectivity index (χ2v) is 3.48. The molecule has 0 saturated carbocycles. The molecule has 8 heteroatoms. The van der Waals surface area contributed by atoms with Crippen LogP contribution in [-0.4, -0.2) is 37.4 Å². The number of nitro benzene ring substituents is 1. The predicted molar refractivity (Wildman–Crippen MR) is 67.9 cm³/mol. The van der Waals surface area contributed by atoms with Gasteiger partial charge in [0.15, 0.2) is 0 Å². The summed E-state index contributed by atoms with van der Waals surface area (Å²) in [6, 6.07) is 6.34. The van der Waals surface area contributed by atoms with E-state index in [1.54, 1.807) is 18.2 Å². The molecule has 0 aliphatic rings. The molecule has 0 aliphatic heterocycles. The van der Waals surface area contributed by atoms with Gasteiger partial charge in [-0.25, -0.2) is 4.79 Å². The molecule has 0 atom stereocenters. The Bertz CT molecular complexity index is 438. The number of nitro groups is 1. The molecule has 0 radical (unpaired) electrons. The molecule has 1 rings (SSSR count). The molecular formula is C11H15N3O5. The van der Waals surface area contributed by atoms with Crippen molar-refractivity contribution in [1.29, 1.82) is 0 Å². The first kappa shape index (κ1) is 14.7. The normalized spacial score (nSPS) is 9.89. The van der Waals surface area contributed by atoms with Gasteiger partial charge in [0.05, 0.1) is 18.1 Å². The zero-order valence-corrected chi connectivity index (χ0v) is 10.2. The molecule has 104 valence electrons. The number of para-hydroxylation sites is 2. The van der Waals surface area contributed by atoms with Crippen molar-refractivity contribution in [2.75, 3.05) is 31.7 Å². The topological polar surface area (TPSA) is 117 Å². The van der Waals surface area contributed by atoms with Crippen molar-refractivity contribution >= 4 is 17.5 Å². The van der Waals surface area contributed by atoms with Gasteiger partial charge >= 0.3 is 6.09 Å². The number of benzene rings is 1. The van der Waals surface area contributed by atoms with Crippen LogP contribution in [-0.2, 0) is 9.47 Å². The molecule has 0 unspecified atom stereocenters. The number of carbonyl (C=O) groups is 1.